The van der Waals surface area contributed by atoms with E-state index in [2.05, 4.69) is 0 Å². The molecule has 0 saturated carbocycles. The van der Waals surface area contributed by atoms with Crippen molar-refractivity contribution in [1.29, 1.82) is 0 Å². The molecule has 0 aromatic heterocycles. The lowest BCUT2D eigenvalue weighted by Crippen LogP contribution is -2.25. The molecular weight excluding hydrogens is 192 g/mol. The number of aliphatic hydroxyl groups excluding tert-OH is 1. The van der Waals surface area contributed by atoms with Gasteiger partial charge in [0.25, 0.3) is 0 Å². The van der Waals surface area contributed by atoms with Gasteiger partial charge in [-0.3, -0.25) is 4.79 Å². The van der Waals surface area contributed by atoms with Crippen molar-refractivity contribution in [2.45, 2.75) is 31.8 Å². The van der Waals surface area contributed by atoms with Crippen LogP contribution in [0.3, 0.4) is 0 Å². The fourth-order valence-corrected chi connectivity index (χ4v) is 1.65. The zero-order chi connectivity index (χ0) is 11.3. The summed E-state index contributed by atoms with van der Waals surface area (Å²) in [6, 6.07) is 8.86. The summed E-state index contributed by atoms with van der Waals surface area (Å²) >= 11 is 0. The van der Waals surface area contributed by atoms with Crippen LogP contribution >= 0.6 is 0 Å². The van der Waals surface area contributed by atoms with Crippen molar-refractivity contribution >= 4 is 5.97 Å². The van der Waals surface area contributed by atoms with Crippen LogP contribution in [0.15, 0.2) is 30.3 Å². The Labute approximate surface area is 89.4 Å². The van der Waals surface area contributed by atoms with Gasteiger partial charge in [-0.15, -0.1) is 0 Å². The Morgan fingerprint density at radius 3 is 2.40 bits per heavy atom. The Morgan fingerprint density at radius 1 is 1.33 bits per heavy atom. The maximum absolute atomic E-state index is 11.1. The van der Waals surface area contributed by atoms with Crippen LogP contribution < -0.4 is 0 Å². The largest absolute Gasteiger partial charge is 0.481 e. The van der Waals surface area contributed by atoms with Gasteiger partial charge in [0, 0.05) is 0 Å². The number of carboxylic acids is 1. The van der Waals surface area contributed by atoms with Gasteiger partial charge in [0.15, 0.2) is 0 Å². The molecule has 82 valence electrons. The van der Waals surface area contributed by atoms with Gasteiger partial charge < -0.3 is 10.2 Å². The summed E-state index contributed by atoms with van der Waals surface area (Å²) in [4.78, 5) is 11.1. The molecule has 2 unspecified atom stereocenters. The number of carboxylic acid groups (broad SMARTS) is 1. The van der Waals surface area contributed by atoms with Gasteiger partial charge in [-0.1, -0.05) is 43.7 Å². The average Bonchev–Trinajstić information content (AvgIpc) is 2.19. The topological polar surface area (TPSA) is 57.5 Å². The second-order valence-electron chi connectivity index (χ2n) is 3.58. The molecule has 0 radical (unpaired) electrons. The standard InChI is InChI=1S/C12H16O3/c1-2-6-10(13)11(12(14)15)9-7-4-3-5-8-9/h3-5,7-8,10-11,13H,2,6H2,1H3,(H,14,15). The lowest BCUT2D eigenvalue weighted by Gasteiger charge is -2.18. The fourth-order valence-electron chi connectivity index (χ4n) is 1.65. The number of hydrogen-bond donors (Lipinski definition) is 2. The first-order valence-electron chi connectivity index (χ1n) is 5.12. The Hall–Kier alpha value is -1.35. The number of aliphatic hydroxyl groups is 1. The fraction of sp³-hybridized carbons (Fsp3) is 0.417. The van der Waals surface area contributed by atoms with E-state index in [1.54, 1.807) is 24.3 Å². The molecule has 1 aromatic carbocycles. The number of benzene rings is 1. The molecule has 0 aliphatic rings. The highest BCUT2D eigenvalue weighted by Gasteiger charge is 2.27. The average molecular weight is 208 g/mol. The van der Waals surface area contributed by atoms with Gasteiger partial charge >= 0.3 is 5.97 Å². The van der Waals surface area contributed by atoms with Gasteiger partial charge in [0.1, 0.15) is 5.92 Å². The van der Waals surface area contributed by atoms with E-state index in [4.69, 9.17) is 5.11 Å². The van der Waals surface area contributed by atoms with E-state index in [0.717, 1.165) is 6.42 Å². The van der Waals surface area contributed by atoms with E-state index in [1.165, 1.54) is 0 Å². The summed E-state index contributed by atoms with van der Waals surface area (Å²) in [6.07, 6.45) is 0.471. The van der Waals surface area contributed by atoms with Crippen LogP contribution in [0.5, 0.6) is 0 Å². The van der Waals surface area contributed by atoms with E-state index in [-0.39, 0.29) is 0 Å². The first kappa shape index (κ1) is 11.7. The van der Waals surface area contributed by atoms with Crippen LogP contribution in [0.4, 0.5) is 0 Å². The first-order valence-corrected chi connectivity index (χ1v) is 5.12. The Balaban J connectivity index is 2.88. The lowest BCUT2D eigenvalue weighted by molar-refractivity contribution is -0.141. The molecule has 0 aliphatic heterocycles. The second-order valence-corrected chi connectivity index (χ2v) is 3.58. The van der Waals surface area contributed by atoms with E-state index in [9.17, 15) is 9.90 Å². The van der Waals surface area contributed by atoms with E-state index in [0.29, 0.717) is 12.0 Å². The summed E-state index contributed by atoms with van der Waals surface area (Å²) in [5.41, 5.74) is 0.658. The molecule has 15 heavy (non-hydrogen) atoms. The van der Waals surface area contributed by atoms with Crippen molar-refractivity contribution in [3.05, 3.63) is 35.9 Å². The van der Waals surface area contributed by atoms with Crippen LogP contribution in [-0.2, 0) is 4.79 Å². The van der Waals surface area contributed by atoms with Gasteiger partial charge in [0.05, 0.1) is 6.10 Å². The van der Waals surface area contributed by atoms with Crippen LogP contribution in [0, 0.1) is 0 Å². The zero-order valence-corrected chi connectivity index (χ0v) is 8.76. The highest BCUT2D eigenvalue weighted by atomic mass is 16.4. The van der Waals surface area contributed by atoms with Crippen molar-refractivity contribution in [2.75, 3.05) is 0 Å². The third-order valence-corrected chi connectivity index (χ3v) is 2.39. The molecule has 3 heteroatoms. The minimum absolute atomic E-state index is 0.506. The third kappa shape index (κ3) is 3.06. The summed E-state index contributed by atoms with van der Waals surface area (Å²) < 4.78 is 0. The number of hydrogen-bond acceptors (Lipinski definition) is 2. The van der Waals surface area contributed by atoms with Crippen LogP contribution in [-0.4, -0.2) is 22.3 Å². The van der Waals surface area contributed by atoms with Crippen molar-refractivity contribution < 1.29 is 15.0 Å². The van der Waals surface area contributed by atoms with E-state index in [1.807, 2.05) is 13.0 Å². The molecule has 0 saturated heterocycles. The maximum atomic E-state index is 11.1. The quantitative estimate of drug-likeness (QED) is 0.778. The van der Waals surface area contributed by atoms with Gasteiger partial charge in [-0.2, -0.15) is 0 Å². The van der Waals surface area contributed by atoms with Crippen molar-refractivity contribution in [3.63, 3.8) is 0 Å². The normalized spacial score (nSPS) is 14.5. The van der Waals surface area contributed by atoms with Gasteiger partial charge in [-0.25, -0.2) is 0 Å². The monoisotopic (exact) mass is 208 g/mol. The lowest BCUT2D eigenvalue weighted by atomic mass is 9.91. The predicted octanol–water partition coefficient (Wildman–Crippen LogP) is 2.02. The Morgan fingerprint density at radius 2 is 1.93 bits per heavy atom. The van der Waals surface area contributed by atoms with Gasteiger partial charge in [-0.05, 0) is 12.0 Å². The molecule has 2 atom stereocenters. The molecule has 0 fully saturated rings. The smallest absolute Gasteiger partial charge is 0.313 e. The number of rotatable bonds is 5. The predicted molar refractivity (Wildman–Crippen MR) is 57.7 cm³/mol. The molecule has 0 spiro atoms. The molecular formula is C12H16O3. The highest BCUT2D eigenvalue weighted by Crippen LogP contribution is 2.22. The second kappa shape index (κ2) is 5.51. The van der Waals surface area contributed by atoms with E-state index < -0.39 is 18.0 Å². The van der Waals surface area contributed by atoms with Gasteiger partial charge in [0.2, 0.25) is 0 Å². The summed E-state index contributed by atoms with van der Waals surface area (Å²) in [7, 11) is 0. The van der Waals surface area contributed by atoms with Crippen LogP contribution in [0.2, 0.25) is 0 Å². The van der Waals surface area contributed by atoms with Crippen LogP contribution in [0.25, 0.3) is 0 Å². The van der Waals surface area contributed by atoms with Crippen molar-refractivity contribution in [1.82, 2.24) is 0 Å². The van der Waals surface area contributed by atoms with Crippen molar-refractivity contribution in [2.24, 2.45) is 0 Å². The molecule has 0 heterocycles. The molecule has 0 bridgehead atoms. The summed E-state index contributed by atoms with van der Waals surface area (Å²) in [5.74, 6) is -1.78. The summed E-state index contributed by atoms with van der Waals surface area (Å²) in [5, 5.41) is 18.8. The highest BCUT2D eigenvalue weighted by molar-refractivity contribution is 5.76. The molecule has 1 rings (SSSR count). The summed E-state index contributed by atoms with van der Waals surface area (Å²) in [6.45, 7) is 1.92. The number of carbonyl (C=O) groups is 1. The Kier molecular flexibility index (Phi) is 4.31. The van der Waals surface area contributed by atoms with Crippen molar-refractivity contribution in [3.8, 4) is 0 Å². The third-order valence-electron chi connectivity index (χ3n) is 2.39. The van der Waals surface area contributed by atoms with Crippen LogP contribution in [0.1, 0.15) is 31.2 Å². The molecule has 3 nitrogen and oxygen atoms in total. The minimum atomic E-state index is -0.970. The molecule has 1 aromatic rings. The number of aliphatic carboxylic acids is 1. The zero-order valence-electron chi connectivity index (χ0n) is 8.76. The van der Waals surface area contributed by atoms with E-state index >= 15 is 0 Å². The molecule has 0 aliphatic carbocycles. The Bertz CT molecular complexity index is 308. The maximum Gasteiger partial charge on any atom is 0.313 e. The minimum Gasteiger partial charge on any atom is -0.481 e. The molecule has 0 amide bonds. The SMILES string of the molecule is CCCC(O)C(C(=O)O)c1ccccc1. The first-order chi connectivity index (χ1) is 7.16. The molecule has 2 N–H and O–H groups in total.